The largest absolute Gasteiger partial charge is 0.382 e. The Kier molecular flexibility index (Phi) is 6.00. The van der Waals surface area contributed by atoms with Crippen LogP contribution >= 0.6 is 7.60 Å². The summed E-state index contributed by atoms with van der Waals surface area (Å²) in [6, 6.07) is 7.98. The normalized spacial score (nSPS) is 12.3. The second-order valence-electron chi connectivity index (χ2n) is 3.53. The number of benzene rings is 1. The number of para-hydroxylation sites is 1. The van der Waals surface area contributed by atoms with Crippen molar-refractivity contribution in [2.24, 2.45) is 0 Å². The molecule has 1 rings (SSSR count). The Balaban J connectivity index is 2.80. The lowest BCUT2D eigenvalue weighted by Gasteiger charge is -2.16. The maximum atomic E-state index is 12.1. The molecule has 0 aliphatic heterocycles. The van der Waals surface area contributed by atoms with Gasteiger partial charge in [-0.1, -0.05) is 18.2 Å². The highest BCUT2D eigenvalue weighted by Gasteiger charge is 2.33. The van der Waals surface area contributed by atoms with Gasteiger partial charge in [0.05, 0.1) is 13.2 Å². The Hall–Kier alpha value is -0.880. The molecule has 0 spiro atoms. The summed E-state index contributed by atoms with van der Waals surface area (Å²) >= 11 is 0. The van der Waals surface area contributed by atoms with E-state index in [9.17, 15) is 13.0 Å². The van der Waals surface area contributed by atoms with Crippen LogP contribution in [0.15, 0.2) is 30.3 Å². The molecule has 0 fully saturated rings. The van der Waals surface area contributed by atoms with Gasteiger partial charge in [0.25, 0.3) is 0 Å². The molecule has 0 aromatic heterocycles. The second-order valence-corrected chi connectivity index (χ2v) is 7.58. The lowest BCUT2D eigenvalue weighted by atomic mass is 10.3. The standard InChI is InChI=1S/C11H17O6PS/c1-3-15-18(12,16-4-2)10-19(13,14)17-11-8-6-5-7-9-11/h5-9H,3-4,10H2,1-2H3. The van der Waals surface area contributed by atoms with Gasteiger partial charge in [-0.15, -0.1) is 0 Å². The molecule has 0 saturated carbocycles. The van der Waals surface area contributed by atoms with Crippen LogP contribution in [0.5, 0.6) is 5.75 Å². The van der Waals surface area contributed by atoms with E-state index in [0.29, 0.717) is 0 Å². The van der Waals surface area contributed by atoms with E-state index in [1.54, 1.807) is 32.0 Å². The van der Waals surface area contributed by atoms with Gasteiger partial charge in [0.1, 0.15) is 5.75 Å². The van der Waals surface area contributed by atoms with Crippen molar-refractivity contribution in [2.45, 2.75) is 13.8 Å². The molecule has 0 bridgehead atoms. The third-order valence-electron chi connectivity index (χ3n) is 1.93. The van der Waals surface area contributed by atoms with E-state index >= 15 is 0 Å². The van der Waals surface area contributed by atoms with Gasteiger partial charge in [-0.25, -0.2) is 0 Å². The number of rotatable bonds is 8. The first kappa shape index (κ1) is 16.2. The van der Waals surface area contributed by atoms with E-state index in [2.05, 4.69) is 0 Å². The zero-order valence-corrected chi connectivity index (χ0v) is 12.5. The Bertz CT molecular complexity index is 517. The van der Waals surface area contributed by atoms with Crippen LogP contribution < -0.4 is 4.18 Å². The third-order valence-corrected chi connectivity index (χ3v) is 6.21. The van der Waals surface area contributed by atoms with Crippen molar-refractivity contribution >= 4 is 17.7 Å². The van der Waals surface area contributed by atoms with Gasteiger partial charge in [0.15, 0.2) is 5.49 Å². The quantitative estimate of drug-likeness (QED) is 0.542. The van der Waals surface area contributed by atoms with Crippen molar-refractivity contribution in [3.63, 3.8) is 0 Å². The van der Waals surface area contributed by atoms with Gasteiger partial charge in [-0.2, -0.15) is 8.42 Å². The molecule has 8 heteroatoms. The van der Waals surface area contributed by atoms with Crippen LogP contribution in [-0.2, 0) is 23.7 Å². The summed E-state index contributed by atoms with van der Waals surface area (Å²) in [5.41, 5.74) is -0.809. The van der Waals surface area contributed by atoms with Crippen LogP contribution in [0.4, 0.5) is 0 Å². The van der Waals surface area contributed by atoms with E-state index < -0.39 is 23.2 Å². The molecule has 1 aromatic carbocycles. The zero-order valence-electron chi connectivity index (χ0n) is 10.8. The predicted octanol–water partition coefficient (Wildman–Crippen LogP) is 2.62. The van der Waals surface area contributed by atoms with Crippen LogP contribution in [0.3, 0.4) is 0 Å². The highest BCUT2D eigenvalue weighted by Crippen LogP contribution is 2.49. The number of hydrogen-bond donors (Lipinski definition) is 0. The predicted molar refractivity (Wildman–Crippen MR) is 71.7 cm³/mol. The second kappa shape index (κ2) is 7.05. The highest BCUT2D eigenvalue weighted by atomic mass is 32.2. The zero-order chi connectivity index (χ0) is 14.4. The van der Waals surface area contributed by atoms with E-state index in [1.807, 2.05) is 0 Å². The molecule has 0 aliphatic rings. The molecule has 19 heavy (non-hydrogen) atoms. The summed E-state index contributed by atoms with van der Waals surface area (Å²) in [5.74, 6) is 0.155. The maximum absolute atomic E-state index is 12.1. The third kappa shape index (κ3) is 5.74. The van der Waals surface area contributed by atoms with Gasteiger partial charge in [0, 0.05) is 0 Å². The molecule has 0 saturated heterocycles. The average Bonchev–Trinajstić information content (AvgIpc) is 2.28. The molecular formula is C11H17O6PS. The lowest BCUT2D eigenvalue weighted by molar-refractivity contribution is 0.223. The minimum atomic E-state index is -4.05. The van der Waals surface area contributed by atoms with Crippen molar-refractivity contribution in [2.75, 3.05) is 18.7 Å². The molecule has 0 amide bonds. The van der Waals surface area contributed by atoms with E-state index in [1.165, 1.54) is 12.1 Å². The monoisotopic (exact) mass is 308 g/mol. The van der Waals surface area contributed by atoms with Crippen molar-refractivity contribution in [1.29, 1.82) is 0 Å². The Morgan fingerprint density at radius 1 is 1.05 bits per heavy atom. The summed E-state index contributed by atoms with van der Waals surface area (Å²) in [7, 11) is -7.74. The maximum Gasteiger partial charge on any atom is 0.349 e. The first-order valence-corrected chi connectivity index (χ1v) is 9.06. The fourth-order valence-corrected chi connectivity index (χ4v) is 4.97. The molecule has 0 atom stereocenters. The van der Waals surface area contributed by atoms with Gasteiger partial charge in [0.2, 0.25) is 0 Å². The van der Waals surface area contributed by atoms with Crippen LogP contribution in [0, 0.1) is 0 Å². The van der Waals surface area contributed by atoms with Crippen LogP contribution in [0.2, 0.25) is 0 Å². The molecular weight excluding hydrogens is 291 g/mol. The van der Waals surface area contributed by atoms with E-state index in [-0.39, 0.29) is 19.0 Å². The van der Waals surface area contributed by atoms with Gasteiger partial charge in [-0.05, 0) is 26.0 Å². The van der Waals surface area contributed by atoms with Crippen LogP contribution in [0.25, 0.3) is 0 Å². The average molecular weight is 308 g/mol. The minimum Gasteiger partial charge on any atom is -0.382 e. The summed E-state index contributed by atoms with van der Waals surface area (Å²) in [5, 5.41) is 0. The van der Waals surface area contributed by atoms with Crippen molar-refractivity contribution in [1.82, 2.24) is 0 Å². The summed E-state index contributed by atoms with van der Waals surface area (Å²) in [6.07, 6.45) is 0. The van der Waals surface area contributed by atoms with Gasteiger partial charge < -0.3 is 13.2 Å². The molecule has 0 radical (unpaired) electrons. The topological polar surface area (TPSA) is 78.9 Å². The Morgan fingerprint density at radius 2 is 1.58 bits per heavy atom. The minimum absolute atomic E-state index is 0.0954. The molecule has 6 nitrogen and oxygen atoms in total. The Labute approximate surface area is 113 Å². The smallest absolute Gasteiger partial charge is 0.349 e. The fraction of sp³-hybridized carbons (Fsp3) is 0.455. The molecule has 108 valence electrons. The van der Waals surface area contributed by atoms with E-state index in [0.717, 1.165) is 0 Å². The van der Waals surface area contributed by atoms with Gasteiger partial charge >= 0.3 is 17.7 Å². The molecule has 1 aromatic rings. The molecule has 0 N–H and O–H groups in total. The van der Waals surface area contributed by atoms with Crippen molar-refractivity contribution in [3.05, 3.63) is 30.3 Å². The van der Waals surface area contributed by atoms with Crippen molar-refractivity contribution < 1.29 is 26.2 Å². The first-order chi connectivity index (χ1) is 8.91. The number of hydrogen-bond acceptors (Lipinski definition) is 6. The summed E-state index contributed by atoms with van der Waals surface area (Å²) < 4.78 is 50.4. The van der Waals surface area contributed by atoms with Crippen LogP contribution in [0.1, 0.15) is 13.8 Å². The van der Waals surface area contributed by atoms with E-state index in [4.69, 9.17) is 13.2 Å². The summed E-state index contributed by atoms with van der Waals surface area (Å²) in [6.45, 7) is 3.41. The SMILES string of the molecule is CCOP(=O)(CS(=O)(=O)Oc1ccccc1)OCC. The molecule has 0 aliphatic carbocycles. The fourth-order valence-electron chi connectivity index (χ4n) is 1.35. The summed E-state index contributed by atoms with van der Waals surface area (Å²) in [4.78, 5) is 0. The Morgan fingerprint density at radius 3 is 2.05 bits per heavy atom. The van der Waals surface area contributed by atoms with Crippen LogP contribution in [-0.4, -0.2) is 27.1 Å². The molecule has 0 unspecified atom stereocenters. The molecule has 0 heterocycles. The van der Waals surface area contributed by atoms with Crippen molar-refractivity contribution in [3.8, 4) is 5.75 Å². The highest BCUT2D eigenvalue weighted by molar-refractivity contribution is 7.94. The van der Waals surface area contributed by atoms with Gasteiger partial charge in [-0.3, -0.25) is 4.57 Å². The first-order valence-electron chi connectivity index (χ1n) is 5.76. The lowest BCUT2D eigenvalue weighted by Crippen LogP contribution is -2.16.